The molecule has 0 bridgehead atoms. The summed E-state index contributed by atoms with van der Waals surface area (Å²) in [6.45, 7) is 7.61. The summed E-state index contributed by atoms with van der Waals surface area (Å²) in [5.74, 6) is 0.770. The summed E-state index contributed by atoms with van der Waals surface area (Å²) >= 11 is 0. The second kappa shape index (κ2) is 9.44. The van der Waals surface area contributed by atoms with E-state index in [9.17, 15) is 9.90 Å². The summed E-state index contributed by atoms with van der Waals surface area (Å²) < 4.78 is 11.4. The summed E-state index contributed by atoms with van der Waals surface area (Å²) in [5.41, 5.74) is 3.34. The molecule has 1 aromatic heterocycles. The number of carbonyl (C=O) groups is 1. The van der Waals surface area contributed by atoms with E-state index in [0.29, 0.717) is 36.7 Å². The van der Waals surface area contributed by atoms with Crippen molar-refractivity contribution in [3.05, 3.63) is 65.4 Å². The van der Waals surface area contributed by atoms with Crippen molar-refractivity contribution in [1.82, 2.24) is 15.1 Å². The number of amides is 1. The first-order valence-electron chi connectivity index (χ1n) is 11.0. The van der Waals surface area contributed by atoms with Gasteiger partial charge in [-0.2, -0.15) is 5.10 Å². The number of carbonyl (C=O) groups excluding carboxylic acids is 1. The molecule has 0 saturated heterocycles. The molecule has 168 valence electrons. The number of fused-ring (bicyclic) bond motifs is 1. The van der Waals surface area contributed by atoms with Gasteiger partial charge in [-0.3, -0.25) is 9.89 Å². The highest BCUT2D eigenvalue weighted by Gasteiger charge is 2.42. The molecule has 2 heterocycles. The predicted octanol–water partition coefficient (Wildman–Crippen LogP) is 4.54. The summed E-state index contributed by atoms with van der Waals surface area (Å²) in [5, 5.41) is 17.8. The molecule has 7 nitrogen and oxygen atoms in total. The number of aromatic hydroxyl groups is 1. The number of H-pyrrole nitrogens is 1. The van der Waals surface area contributed by atoms with E-state index in [1.54, 1.807) is 12.1 Å². The van der Waals surface area contributed by atoms with Gasteiger partial charge in [-0.05, 0) is 57.0 Å². The summed E-state index contributed by atoms with van der Waals surface area (Å²) in [6, 6.07) is 14.5. The summed E-state index contributed by atoms with van der Waals surface area (Å²) in [7, 11) is 0. The average Bonchev–Trinajstić information content (AvgIpc) is 3.31. The molecule has 1 amide bonds. The van der Waals surface area contributed by atoms with Crippen molar-refractivity contribution in [1.29, 1.82) is 0 Å². The fourth-order valence-corrected chi connectivity index (χ4v) is 4.15. The van der Waals surface area contributed by atoms with Crippen LogP contribution in [-0.4, -0.2) is 52.0 Å². The van der Waals surface area contributed by atoms with Gasteiger partial charge in [-0.15, -0.1) is 0 Å². The van der Waals surface area contributed by atoms with Gasteiger partial charge in [0.25, 0.3) is 5.91 Å². The molecule has 0 aliphatic carbocycles. The van der Waals surface area contributed by atoms with E-state index in [-0.39, 0.29) is 23.8 Å². The Morgan fingerprint density at radius 3 is 2.75 bits per heavy atom. The largest absolute Gasteiger partial charge is 0.507 e. The highest BCUT2D eigenvalue weighted by molar-refractivity contribution is 6.00. The highest BCUT2D eigenvalue weighted by Crippen LogP contribution is 2.44. The maximum Gasteiger partial charge on any atom is 0.273 e. The molecule has 0 saturated carbocycles. The molecule has 7 heteroatoms. The van der Waals surface area contributed by atoms with Gasteiger partial charge >= 0.3 is 0 Å². The number of rotatable bonds is 9. The van der Waals surface area contributed by atoms with Gasteiger partial charge in [0, 0.05) is 24.3 Å². The van der Waals surface area contributed by atoms with Crippen molar-refractivity contribution in [3.8, 4) is 22.8 Å². The van der Waals surface area contributed by atoms with Crippen molar-refractivity contribution < 1.29 is 19.4 Å². The second-order valence-electron chi connectivity index (χ2n) is 8.06. The topological polar surface area (TPSA) is 87.7 Å². The lowest BCUT2D eigenvalue weighted by Crippen LogP contribution is -2.31. The third kappa shape index (κ3) is 4.21. The Kier molecular flexibility index (Phi) is 6.46. The second-order valence-corrected chi connectivity index (χ2v) is 8.06. The van der Waals surface area contributed by atoms with E-state index < -0.39 is 0 Å². The van der Waals surface area contributed by atoms with Crippen LogP contribution in [0, 0.1) is 0 Å². The molecule has 3 aromatic rings. The van der Waals surface area contributed by atoms with Crippen LogP contribution in [0.2, 0.25) is 0 Å². The lowest BCUT2D eigenvalue weighted by molar-refractivity contribution is 0.0601. The quantitative estimate of drug-likeness (QED) is 0.482. The number of aromatic nitrogens is 2. The minimum Gasteiger partial charge on any atom is -0.507 e. The number of phenols is 1. The summed E-state index contributed by atoms with van der Waals surface area (Å²) in [6.07, 6.45) is 0.863. The Hall–Kier alpha value is -3.32. The SMILES string of the molecule is CCOc1cccc([C@@H]2c3c(-c4ccccc4O)n[nH]c3C(=O)N2CCCOC(C)C)c1. The zero-order valence-corrected chi connectivity index (χ0v) is 18.7. The number of nitrogens with zero attached hydrogens (tertiary/aromatic N) is 2. The number of benzene rings is 2. The molecule has 0 fully saturated rings. The van der Waals surface area contributed by atoms with Crippen molar-refractivity contribution >= 4 is 5.91 Å². The molecule has 2 N–H and O–H groups in total. The molecule has 0 spiro atoms. The van der Waals surface area contributed by atoms with Crippen LogP contribution in [0.25, 0.3) is 11.3 Å². The maximum absolute atomic E-state index is 13.4. The van der Waals surface area contributed by atoms with Crippen LogP contribution < -0.4 is 4.74 Å². The molecular formula is C25H29N3O4. The zero-order chi connectivity index (χ0) is 22.7. The van der Waals surface area contributed by atoms with Crippen LogP contribution in [-0.2, 0) is 4.74 Å². The van der Waals surface area contributed by atoms with E-state index in [4.69, 9.17) is 9.47 Å². The first-order chi connectivity index (χ1) is 15.5. The molecule has 1 aliphatic rings. The minimum absolute atomic E-state index is 0.106. The van der Waals surface area contributed by atoms with Gasteiger partial charge in [0.15, 0.2) is 0 Å². The van der Waals surface area contributed by atoms with E-state index in [2.05, 4.69) is 10.2 Å². The fourth-order valence-electron chi connectivity index (χ4n) is 4.15. The first-order valence-corrected chi connectivity index (χ1v) is 11.0. The molecule has 1 aliphatic heterocycles. The van der Waals surface area contributed by atoms with Crippen molar-refractivity contribution in [3.63, 3.8) is 0 Å². The number of phenolic OH excluding ortho intramolecular Hbond substituents is 1. The van der Waals surface area contributed by atoms with Gasteiger partial charge in [-0.1, -0.05) is 24.3 Å². The Labute approximate surface area is 188 Å². The zero-order valence-electron chi connectivity index (χ0n) is 18.7. The molecular weight excluding hydrogens is 406 g/mol. The van der Waals surface area contributed by atoms with E-state index in [1.807, 2.05) is 62.1 Å². The fraction of sp³-hybridized carbons (Fsp3) is 0.360. The number of ether oxygens (including phenoxy) is 2. The number of hydrogen-bond acceptors (Lipinski definition) is 5. The Balaban J connectivity index is 1.76. The van der Waals surface area contributed by atoms with Gasteiger partial charge in [0.05, 0.1) is 18.8 Å². The van der Waals surface area contributed by atoms with Crippen LogP contribution in [0.15, 0.2) is 48.5 Å². The highest BCUT2D eigenvalue weighted by atomic mass is 16.5. The normalized spacial score (nSPS) is 15.4. The standard InChI is InChI=1S/C25H29N3O4/c1-4-31-18-10-7-9-17(15-18)24-21-22(19-11-5-6-12-20(19)29)26-27-23(21)25(30)28(24)13-8-14-32-16(2)3/h5-7,9-12,15-16,24,29H,4,8,13-14H2,1-3H3,(H,26,27)/t24-/m1/s1. The first kappa shape index (κ1) is 21.9. The number of aromatic amines is 1. The maximum atomic E-state index is 13.4. The third-order valence-corrected chi connectivity index (χ3v) is 5.50. The Morgan fingerprint density at radius 2 is 2.00 bits per heavy atom. The van der Waals surface area contributed by atoms with Crippen LogP contribution >= 0.6 is 0 Å². The van der Waals surface area contributed by atoms with Crippen LogP contribution in [0.5, 0.6) is 11.5 Å². The lowest BCUT2D eigenvalue weighted by atomic mass is 9.95. The van der Waals surface area contributed by atoms with Crippen molar-refractivity contribution in [2.75, 3.05) is 19.8 Å². The number of hydrogen-bond donors (Lipinski definition) is 2. The molecule has 2 aromatic carbocycles. The molecule has 0 radical (unpaired) electrons. The summed E-state index contributed by atoms with van der Waals surface area (Å²) in [4.78, 5) is 15.2. The smallest absolute Gasteiger partial charge is 0.273 e. The van der Waals surface area contributed by atoms with E-state index in [0.717, 1.165) is 23.3 Å². The lowest BCUT2D eigenvalue weighted by Gasteiger charge is -2.27. The monoisotopic (exact) mass is 435 g/mol. The van der Waals surface area contributed by atoms with Crippen LogP contribution in [0.1, 0.15) is 54.8 Å². The van der Waals surface area contributed by atoms with Crippen LogP contribution in [0.3, 0.4) is 0 Å². The third-order valence-electron chi connectivity index (χ3n) is 5.50. The minimum atomic E-state index is -0.342. The average molecular weight is 436 g/mol. The van der Waals surface area contributed by atoms with E-state index >= 15 is 0 Å². The van der Waals surface area contributed by atoms with Gasteiger partial charge in [-0.25, -0.2) is 0 Å². The van der Waals surface area contributed by atoms with Crippen molar-refractivity contribution in [2.45, 2.75) is 39.3 Å². The van der Waals surface area contributed by atoms with Crippen molar-refractivity contribution in [2.24, 2.45) is 0 Å². The Bertz CT molecular complexity index is 1090. The van der Waals surface area contributed by atoms with Gasteiger partial charge in [0.1, 0.15) is 22.9 Å². The van der Waals surface area contributed by atoms with Gasteiger partial charge in [0.2, 0.25) is 0 Å². The van der Waals surface area contributed by atoms with Gasteiger partial charge < -0.3 is 19.5 Å². The predicted molar refractivity (Wildman–Crippen MR) is 122 cm³/mol. The molecule has 4 rings (SSSR count). The molecule has 1 atom stereocenters. The molecule has 0 unspecified atom stereocenters. The Morgan fingerprint density at radius 1 is 1.19 bits per heavy atom. The van der Waals surface area contributed by atoms with E-state index in [1.165, 1.54) is 0 Å². The number of nitrogens with one attached hydrogen (secondary N) is 1. The number of para-hydroxylation sites is 1. The molecule has 32 heavy (non-hydrogen) atoms. The van der Waals surface area contributed by atoms with Crippen LogP contribution in [0.4, 0.5) is 0 Å².